The number of alkyl halides is 3. The Labute approximate surface area is 125 Å². The molecule has 0 saturated heterocycles. The van der Waals surface area contributed by atoms with Gasteiger partial charge in [-0.3, -0.25) is 4.79 Å². The molecule has 20 heavy (non-hydrogen) atoms. The Balaban J connectivity index is 0.00000361. The Bertz CT molecular complexity index is 424. The first-order valence-corrected chi connectivity index (χ1v) is 6.49. The highest BCUT2D eigenvalue weighted by Crippen LogP contribution is 2.36. The summed E-state index contributed by atoms with van der Waals surface area (Å²) in [7, 11) is 0. The average Bonchev–Trinajstić information content (AvgIpc) is 2.27. The Kier molecular flexibility index (Phi) is 8.00. The smallest absolute Gasteiger partial charge is 0.352 e. The number of hydrogen-bond acceptors (Lipinski definition) is 3. The van der Waals surface area contributed by atoms with E-state index in [9.17, 15) is 18.0 Å². The Hall–Kier alpha value is -0.920. The lowest BCUT2D eigenvalue weighted by Gasteiger charge is -2.08. The third kappa shape index (κ3) is 7.62. The molecule has 0 aromatic heterocycles. The number of nitrogens with one attached hydrogen (secondary N) is 1. The maximum atomic E-state index is 12.1. The Morgan fingerprint density at radius 3 is 2.35 bits per heavy atom. The molecule has 0 fully saturated rings. The molecule has 1 atom stereocenters. The van der Waals surface area contributed by atoms with Crippen LogP contribution >= 0.6 is 24.2 Å². The number of hydrogen-bond donors (Lipinski definition) is 2. The molecule has 0 aliphatic carbocycles. The molecule has 1 amide bonds. The van der Waals surface area contributed by atoms with E-state index in [0.717, 1.165) is 0 Å². The molecule has 0 aliphatic heterocycles. The van der Waals surface area contributed by atoms with Crippen LogP contribution in [0.25, 0.3) is 0 Å². The van der Waals surface area contributed by atoms with Gasteiger partial charge < -0.3 is 11.1 Å². The molecule has 0 saturated carbocycles. The van der Waals surface area contributed by atoms with Crippen molar-refractivity contribution in [3.8, 4) is 0 Å². The van der Waals surface area contributed by atoms with E-state index in [1.807, 2.05) is 6.92 Å². The standard InChI is InChI=1S/C12H15F3N2OS.ClH/c1-8(16)6-7-17-11(18)9-2-4-10(5-3-9)19-12(13,14)15;/h2-5,8H,6-7,16H2,1H3,(H,17,18);1H. The number of thioether (sulfide) groups is 1. The first kappa shape index (κ1) is 19.1. The Morgan fingerprint density at radius 2 is 1.90 bits per heavy atom. The second kappa shape index (κ2) is 8.39. The molecule has 1 aromatic rings. The van der Waals surface area contributed by atoms with Gasteiger partial charge in [0.25, 0.3) is 5.91 Å². The summed E-state index contributed by atoms with van der Waals surface area (Å²) in [6.45, 7) is 2.27. The monoisotopic (exact) mass is 328 g/mol. The fourth-order valence-corrected chi connectivity index (χ4v) is 1.86. The van der Waals surface area contributed by atoms with Crippen LogP contribution in [-0.4, -0.2) is 24.0 Å². The zero-order valence-corrected chi connectivity index (χ0v) is 12.4. The Morgan fingerprint density at radius 1 is 1.35 bits per heavy atom. The minimum absolute atomic E-state index is 0. The van der Waals surface area contributed by atoms with Gasteiger partial charge in [-0.15, -0.1) is 12.4 Å². The van der Waals surface area contributed by atoms with E-state index in [-0.39, 0.29) is 41.0 Å². The topological polar surface area (TPSA) is 55.1 Å². The van der Waals surface area contributed by atoms with Crippen molar-refractivity contribution < 1.29 is 18.0 Å². The molecule has 3 N–H and O–H groups in total. The van der Waals surface area contributed by atoms with Gasteiger partial charge >= 0.3 is 5.51 Å². The van der Waals surface area contributed by atoms with Gasteiger partial charge in [0.05, 0.1) is 0 Å². The summed E-state index contributed by atoms with van der Waals surface area (Å²) in [6, 6.07) is 5.29. The molecule has 1 rings (SSSR count). The van der Waals surface area contributed by atoms with Crippen LogP contribution in [0.1, 0.15) is 23.7 Å². The van der Waals surface area contributed by atoms with E-state index in [2.05, 4.69) is 5.32 Å². The van der Waals surface area contributed by atoms with Crippen LogP contribution in [0.2, 0.25) is 0 Å². The lowest BCUT2D eigenvalue weighted by Crippen LogP contribution is -2.28. The zero-order valence-electron chi connectivity index (χ0n) is 10.7. The molecule has 0 bridgehead atoms. The number of halogens is 4. The van der Waals surface area contributed by atoms with Gasteiger partial charge in [0.15, 0.2) is 0 Å². The van der Waals surface area contributed by atoms with Crippen LogP contribution in [0, 0.1) is 0 Å². The van der Waals surface area contributed by atoms with E-state index in [1.54, 1.807) is 0 Å². The van der Waals surface area contributed by atoms with Gasteiger partial charge in [-0.1, -0.05) is 0 Å². The summed E-state index contributed by atoms with van der Waals surface area (Å²) in [6.07, 6.45) is 0.647. The van der Waals surface area contributed by atoms with Gasteiger partial charge in [-0.05, 0) is 49.4 Å². The van der Waals surface area contributed by atoms with E-state index in [4.69, 9.17) is 5.73 Å². The highest BCUT2D eigenvalue weighted by Gasteiger charge is 2.29. The van der Waals surface area contributed by atoms with Crippen LogP contribution in [0.15, 0.2) is 29.2 Å². The summed E-state index contributed by atoms with van der Waals surface area (Å²) >= 11 is -0.205. The average molecular weight is 329 g/mol. The molecular formula is C12H16ClF3N2OS. The van der Waals surface area contributed by atoms with Crippen molar-refractivity contribution in [1.82, 2.24) is 5.32 Å². The van der Waals surface area contributed by atoms with Crippen molar-refractivity contribution in [3.63, 3.8) is 0 Å². The number of carbonyl (C=O) groups excluding carboxylic acids is 1. The minimum Gasteiger partial charge on any atom is -0.352 e. The third-order valence-corrected chi connectivity index (χ3v) is 2.97. The number of rotatable bonds is 5. The van der Waals surface area contributed by atoms with E-state index in [0.29, 0.717) is 18.5 Å². The van der Waals surface area contributed by atoms with Crippen molar-refractivity contribution >= 4 is 30.1 Å². The maximum absolute atomic E-state index is 12.1. The largest absolute Gasteiger partial charge is 0.446 e. The van der Waals surface area contributed by atoms with Gasteiger partial charge in [-0.25, -0.2) is 0 Å². The quantitative estimate of drug-likeness (QED) is 0.816. The zero-order chi connectivity index (χ0) is 14.5. The molecule has 0 heterocycles. The molecule has 0 radical (unpaired) electrons. The fourth-order valence-electron chi connectivity index (χ4n) is 1.32. The van der Waals surface area contributed by atoms with Crippen LogP contribution in [0.3, 0.4) is 0 Å². The second-order valence-corrected chi connectivity index (χ2v) is 5.23. The lowest BCUT2D eigenvalue weighted by molar-refractivity contribution is -0.0328. The van der Waals surface area contributed by atoms with Crippen molar-refractivity contribution in [1.29, 1.82) is 0 Å². The maximum Gasteiger partial charge on any atom is 0.446 e. The summed E-state index contributed by atoms with van der Waals surface area (Å²) in [5, 5.41) is 2.65. The van der Waals surface area contributed by atoms with Gasteiger partial charge in [0.1, 0.15) is 0 Å². The van der Waals surface area contributed by atoms with E-state index >= 15 is 0 Å². The molecule has 0 spiro atoms. The highest BCUT2D eigenvalue weighted by atomic mass is 35.5. The summed E-state index contributed by atoms with van der Waals surface area (Å²) in [4.78, 5) is 11.7. The normalized spacial score (nSPS) is 12.4. The fraction of sp³-hybridized carbons (Fsp3) is 0.417. The second-order valence-electron chi connectivity index (χ2n) is 4.09. The third-order valence-electron chi connectivity index (χ3n) is 2.24. The SMILES string of the molecule is CC(N)CCNC(=O)c1ccc(SC(F)(F)F)cc1.Cl. The molecular weight excluding hydrogens is 313 g/mol. The molecule has 114 valence electrons. The number of benzene rings is 1. The van der Waals surface area contributed by atoms with Crippen LogP contribution in [0.5, 0.6) is 0 Å². The van der Waals surface area contributed by atoms with Gasteiger partial charge in [0, 0.05) is 23.0 Å². The van der Waals surface area contributed by atoms with Crippen molar-refractivity contribution in [3.05, 3.63) is 29.8 Å². The van der Waals surface area contributed by atoms with Crippen molar-refractivity contribution in [2.24, 2.45) is 5.73 Å². The van der Waals surface area contributed by atoms with Crippen molar-refractivity contribution in [2.75, 3.05) is 6.54 Å². The van der Waals surface area contributed by atoms with Crippen LogP contribution < -0.4 is 11.1 Å². The first-order valence-electron chi connectivity index (χ1n) is 5.67. The molecule has 3 nitrogen and oxygen atoms in total. The summed E-state index contributed by atoms with van der Waals surface area (Å²) in [5.74, 6) is -0.316. The minimum atomic E-state index is -4.32. The van der Waals surface area contributed by atoms with Crippen LogP contribution in [0.4, 0.5) is 13.2 Å². The van der Waals surface area contributed by atoms with E-state index in [1.165, 1.54) is 24.3 Å². The molecule has 1 unspecified atom stereocenters. The molecule has 8 heteroatoms. The summed E-state index contributed by atoms with van der Waals surface area (Å²) in [5.41, 5.74) is 1.55. The van der Waals surface area contributed by atoms with Gasteiger partial charge in [0.2, 0.25) is 0 Å². The summed E-state index contributed by atoms with van der Waals surface area (Å²) < 4.78 is 36.3. The van der Waals surface area contributed by atoms with Crippen molar-refractivity contribution in [2.45, 2.75) is 29.8 Å². The first-order chi connectivity index (χ1) is 8.78. The molecule has 1 aromatic carbocycles. The lowest BCUT2D eigenvalue weighted by atomic mass is 10.2. The van der Waals surface area contributed by atoms with E-state index < -0.39 is 5.51 Å². The number of carbonyl (C=O) groups is 1. The number of nitrogens with two attached hydrogens (primary N) is 1. The highest BCUT2D eigenvalue weighted by molar-refractivity contribution is 8.00. The predicted octanol–water partition coefficient (Wildman–Crippen LogP) is 3.19. The van der Waals surface area contributed by atoms with Gasteiger partial charge in [-0.2, -0.15) is 13.2 Å². The predicted molar refractivity (Wildman–Crippen MR) is 76.2 cm³/mol. The molecule has 0 aliphatic rings. The van der Waals surface area contributed by atoms with Crippen LogP contribution in [-0.2, 0) is 0 Å². The number of amides is 1.